The van der Waals surface area contributed by atoms with Gasteiger partial charge in [0.15, 0.2) is 0 Å². The summed E-state index contributed by atoms with van der Waals surface area (Å²) in [5.41, 5.74) is 6.85. The highest BCUT2D eigenvalue weighted by atomic mass is 16.6. The maximum absolute atomic E-state index is 10.7. The average molecular weight is 251 g/mol. The van der Waals surface area contributed by atoms with Gasteiger partial charge in [0, 0.05) is 24.8 Å². The van der Waals surface area contributed by atoms with Gasteiger partial charge in [-0.2, -0.15) is 0 Å². The van der Waals surface area contributed by atoms with Crippen molar-refractivity contribution in [2.24, 2.45) is 5.92 Å². The van der Waals surface area contributed by atoms with Crippen LogP contribution in [0.1, 0.15) is 27.2 Å². The first-order valence-electron chi connectivity index (χ1n) is 6.28. The zero-order valence-corrected chi connectivity index (χ0v) is 11.2. The molecule has 0 radical (unpaired) electrons. The third kappa shape index (κ3) is 3.35. The van der Waals surface area contributed by atoms with E-state index < -0.39 is 4.92 Å². The molecule has 0 spiro atoms. The molecule has 0 fully saturated rings. The highest BCUT2D eigenvalue weighted by Crippen LogP contribution is 2.27. The summed E-state index contributed by atoms with van der Waals surface area (Å²) in [6.07, 6.45) is 1.11. The van der Waals surface area contributed by atoms with E-state index in [1.807, 2.05) is 0 Å². The number of nitro groups is 1. The Morgan fingerprint density at radius 2 is 2.11 bits per heavy atom. The van der Waals surface area contributed by atoms with E-state index in [-0.39, 0.29) is 11.4 Å². The fourth-order valence-electron chi connectivity index (χ4n) is 1.83. The standard InChI is InChI=1S/C13H21N3O2/c1-4-10(3)9-15(5-2)11-6-7-13(16(17)18)12(14)8-11/h6-8,10H,4-5,9,14H2,1-3H3. The molecule has 0 aliphatic rings. The minimum Gasteiger partial charge on any atom is -0.393 e. The van der Waals surface area contributed by atoms with E-state index >= 15 is 0 Å². The molecule has 0 bridgehead atoms. The van der Waals surface area contributed by atoms with Crippen LogP contribution >= 0.6 is 0 Å². The Morgan fingerprint density at radius 3 is 2.56 bits per heavy atom. The summed E-state index contributed by atoms with van der Waals surface area (Å²) < 4.78 is 0. The van der Waals surface area contributed by atoms with E-state index in [0.717, 1.165) is 25.2 Å². The summed E-state index contributed by atoms with van der Waals surface area (Å²) in [7, 11) is 0. The van der Waals surface area contributed by atoms with E-state index in [0.29, 0.717) is 5.92 Å². The van der Waals surface area contributed by atoms with Crippen LogP contribution in [0.3, 0.4) is 0 Å². The third-order valence-electron chi connectivity index (χ3n) is 3.18. The Morgan fingerprint density at radius 1 is 1.44 bits per heavy atom. The summed E-state index contributed by atoms with van der Waals surface area (Å²) in [4.78, 5) is 12.4. The highest BCUT2D eigenvalue weighted by molar-refractivity contribution is 5.66. The highest BCUT2D eigenvalue weighted by Gasteiger charge is 2.14. The molecule has 1 unspecified atom stereocenters. The largest absolute Gasteiger partial charge is 0.393 e. The minimum atomic E-state index is -0.454. The number of nitro benzene ring substituents is 1. The van der Waals surface area contributed by atoms with Gasteiger partial charge >= 0.3 is 0 Å². The van der Waals surface area contributed by atoms with E-state index in [1.54, 1.807) is 12.1 Å². The van der Waals surface area contributed by atoms with Gasteiger partial charge in [0.05, 0.1) is 4.92 Å². The lowest BCUT2D eigenvalue weighted by Crippen LogP contribution is -2.28. The van der Waals surface area contributed by atoms with Crippen molar-refractivity contribution >= 4 is 17.1 Å². The van der Waals surface area contributed by atoms with Gasteiger partial charge in [-0.3, -0.25) is 10.1 Å². The third-order valence-corrected chi connectivity index (χ3v) is 3.18. The van der Waals surface area contributed by atoms with E-state index in [1.165, 1.54) is 6.07 Å². The summed E-state index contributed by atoms with van der Waals surface area (Å²) >= 11 is 0. The fraction of sp³-hybridized carbons (Fsp3) is 0.538. The number of nitrogens with zero attached hydrogens (tertiary/aromatic N) is 2. The van der Waals surface area contributed by atoms with Crippen LogP contribution in [0.5, 0.6) is 0 Å². The fourth-order valence-corrected chi connectivity index (χ4v) is 1.83. The Balaban J connectivity index is 2.94. The van der Waals surface area contributed by atoms with Crippen molar-refractivity contribution in [2.75, 3.05) is 23.7 Å². The zero-order valence-electron chi connectivity index (χ0n) is 11.2. The molecule has 2 N–H and O–H groups in total. The van der Waals surface area contributed by atoms with Crippen LogP contribution in [-0.2, 0) is 0 Å². The number of nitrogens with two attached hydrogens (primary N) is 1. The molecule has 18 heavy (non-hydrogen) atoms. The van der Waals surface area contributed by atoms with Crippen molar-refractivity contribution in [3.8, 4) is 0 Å². The second-order valence-electron chi connectivity index (χ2n) is 4.55. The lowest BCUT2D eigenvalue weighted by Gasteiger charge is -2.26. The van der Waals surface area contributed by atoms with Crippen LogP contribution in [-0.4, -0.2) is 18.0 Å². The Kier molecular flexibility index (Phi) is 4.95. The molecule has 0 heterocycles. The maximum atomic E-state index is 10.7. The van der Waals surface area contributed by atoms with Crippen molar-refractivity contribution in [2.45, 2.75) is 27.2 Å². The van der Waals surface area contributed by atoms with Gasteiger partial charge in [0.25, 0.3) is 5.69 Å². The van der Waals surface area contributed by atoms with Crippen LogP contribution in [0.25, 0.3) is 0 Å². The maximum Gasteiger partial charge on any atom is 0.292 e. The van der Waals surface area contributed by atoms with Gasteiger partial charge in [0.2, 0.25) is 0 Å². The van der Waals surface area contributed by atoms with Crippen molar-refractivity contribution in [1.82, 2.24) is 0 Å². The molecule has 0 saturated heterocycles. The quantitative estimate of drug-likeness (QED) is 0.479. The molecule has 1 aromatic carbocycles. The number of hydrogen-bond acceptors (Lipinski definition) is 4. The lowest BCUT2D eigenvalue weighted by molar-refractivity contribution is -0.383. The van der Waals surface area contributed by atoms with Gasteiger partial charge in [-0.1, -0.05) is 20.3 Å². The number of anilines is 2. The van der Waals surface area contributed by atoms with Crippen LogP contribution in [0.15, 0.2) is 18.2 Å². The first-order chi connectivity index (χ1) is 8.49. The van der Waals surface area contributed by atoms with Crippen molar-refractivity contribution < 1.29 is 4.92 Å². The summed E-state index contributed by atoms with van der Waals surface area (Å²) in [5, 5.41) is 10.7. The van der Waals surface area contributed by atoms with Gasteiger partial charge in [-0.25, -0.2) is 0 Å². The lowest BCUT2D eigenvalue weighted by atomic mass is 10.1. The van der Waals surface area contributed by atoms with Crippen molar-refractivity contribution in [3.63, 3.8) is 0 Å². The first-order valence-corrected chi connectivity index (χ1v) is 6.28. The summed E-state index contributed by atoms with van der Waals surface area (Å²) in [6.45, 7) is 8.21. The smallest absolute Gasteiger partial charge is 0.292 e. The number of rotatable bonds is 6. The van der Waals surface area contributed by atoms with Crippen molar-refractivity contribution in [3.05, 3.63) is 28.3 Å². The molecule has 0 aromatic heterocycles. The molecule has 0 amide bonds. The molecule has 0 saturated carbocycles. The molecular weight excluding hydrogens is 230 g/mol. The summed E-state index contributed by atoms with van der Waals surface area (Å²) in [6, 6.07) is 4.92. The van der Waals surface area contributed by atoms with Crippen molar-refractivity contribution in [1.29, 1.82) is 0 Å². The molecule has 5 nitrogen and oxygen atoms in total. The number of nitrogen functional groups attached to an aromatic ring is 1. The van der Waals surface area contributed by atoms with Crippen LogP contribution in [0, 0.1) is 16.0 Å². The predicted octanol–water partition coefficient (Wildman–Crippen LogP) is 3.05. The Bertz CT molecular complexity index is 421. The normalized spacial score (nSPS) is 12.2. The van der Waals surface area contributed by atoms with E-state index in [4.69, 9.17) is 5.73 Å². The summed E-state index contributed by atoms with van der Waals surface area (Å²) in [5.74, 6) is 0.585. The minimum absolute atomic E-state index is 0.0293. The first kappa shape index (κ1) is 14.3. The molecule has 1 rings (SSSR count). The Labute approximate surface area is 108 Å². The molecule has 100 valence electrons. The van der Waals surface area contributed by atoms with Gasteiger partial charge < -0.3 is 10.6 Å². The molecule has 5 heteroatoms. The predicted molar refractivity (Wildman–Crippen MR) is 74.9 cm³/mol. The second-order valence-corrected chi connectivity index (χ2v) is 4.55. The molecule has 0 aliphatic carbocycles. The molecule has 1 aromatic rings. The average Bonchev–Trinajstić information content (AvgIpc) is 2.34. The van der Waals surface area contributed by atoms with Gasteiger partial charge in [-0.05, 0) is 25.0 Å². The topological polar surface area (TPSA) is 72.4 Å². The molecule has 1 atom stereocenters. The Hall–Kier alpha value is -1.78. The molecular formula is C13H21N3O2. The van der Waals surface area contributed by atoms with Crippen LogP contribution in [0.4, 0.5) is 17.1 Å². The SMILES string of the molecule is CCC(C)CN(CC)c1ccc([N+](=O)[O-])c(N)c1. The van der Waals surface area contributed by atoms with E-state index in [9.17, 15) is 10.1 Å². The van der Waals surface area contributed by atoms with Crippen LogP contribution in [0.2, 0.25) is 0 Å². The number of benzene rings is 1. The second kappa shape index (κ2) is 6.23. The molecule has 0 aliphatic heterocycles. The van der Waals surface area contributed by atoms with Gasteiger partial charge in [0.1, 0.15) is 5.69 Å². The van der Waals surface area contributed by atoms with Gasteiger partial charge in [-0.15, -0.1) is 0 Å². The van der Waals surface area contributed by atoms with Crippen LogP contribution < -0.4 is 10.6 Å². The zero-order chi connectivity index (χ0) is 13.7. The van der Waals surface area contributed by atoms with E-state index in [2.05, 4.69) is 25.7 Å². The number of hydrogen-bond donors (Lipinski definition) is 1. The monoisotopic (exact) mass is 251 g/mol.